The van der Waals surface area contributed by atoms with Crippen LogP contribution in [0.5, 0.6) is 0 Å². The zero-order chi connectivity index (χ0) is 18.2. The van der Waals surface area contributed by atoms with Crippen LogP contribution in [0.3, 0.4) is 0 Å². The standard InChI is InChI=1S/C20H20N6O/c27-20(26(15-3-4-15)12-13-2-1-7-21-8-13)17-11-22-19-16(17)5-6-18(25-19)14-9-23-24-10-14/h1-2,5-6,8-11,15,21H,3-4,7,12H2,(H,22,25)(H,23,24). The molecule has 3 aromatic heterocycles. The van der Waals surface area contributed by atoms with E-state index >= 15 is 0 Å². The molecule has 27 heavy (non-hydrogen) atoms. The van der Waals surface area contributed by atoms with Gasteiger partial charge in [-0.05, 0) is 30.5 Å². The number of aromatic amines is 2. The molecular formula is C20H20N6O. The van der Waals surface area contributed by atoms with Crippen LogP contribution in [0.4, 0.5) is 0 Å². The molecule has 1 aliphatic carbocycles. The highest BCUT2D eigenvalue weighted by Crippen LogP contribution is 2.31. The van der Waals surface area contributed by atoms with E-state index in [4.69, 9.17) is 0 Å². The van der Waals surface area contributed by atoms with Crippen molar-refractivity contribution in [1.82, 2.24) is 30.4 Å². The highest BCUT2D eigenvalue weighted by molar-refractivity contribution is 6.06. The Morgan fingerprint density at radius 2 is 2.19 bits per heavy atom. The highest BCUT2D eigenvalue weighted by atomic mass is 16.2. The van der Waals surface area contributed by atoms with Crippen LogP contribution in [0.25, 0.3) is 22.3 Å². The summed E-state index contributed by atoms with van der Waals surface area (Å²) in [5.41, 5.74) is 4.26. The maximum Gasteiger partial charge on any atom is 0.256 e. The maximum absolute atomic E-state index is 13.3. The molecule has 7 heteroatoms. The molecule has 7 nitrogen and oxygen atoms in total. The second-order valence-corrected chi connectivity index (χ2v) is 6.98. The minimum atomic E-state index is 0.0569. The largest absolute Gasteiger partial charge is 0.387 e. The first-order valence-corrected chi connectivity index (χ1v) is 9.17. The van der Waals surface area contributed by atoms with E-state index in [0.717, 1.165) is 41.6 Å². The van der Waals surface area contributed by atoms with E-state index in [1.165, 1.54) is 0 Å². The average Bonchev–Trinajstić information content (AvgIpc) is 3.23. The summed E-state index contributed by atoms with van der Waals surface area (Å²) in [5, 5.41) is 10.8. The van der Waals surface area contributed by atoms with Gasteiger partial charge in [-0.25, -0.2) is 4.98 Å². The van der Waals surface area contributed by atoms with Crippen molar-refractivity contribution in [2.75, 3.05) is 13.1 Å². The number of amides is 1. The Morgan fingerprint density at radius 3 is 2.93 bits per heavy atom. The van der Waals surface area contributed by atoms with Gasteiger partial charge in [-0.15, -0.1) is 0 Å². The minimum absolute atomic E-state index is 0.0569. The highest BCUT2D eigenvalue weighted by Gasteiger charge is 2.34. The molecular weight excluding hydrogens is 340 g/mol. The van der Waals surface area contributed by atoms with Gasteiger partial charge in [0, 0.05) is 48.7 Å². The van der Waals surface area contributed by atoms with Gasteiger partial charge in [0.05, 0.1) is 17.5 Å². The topological polar surface area (TPSA) is 89.7 Å². The molecule has 3 aromatic rings. The number of aromatic nitrogens is 4. The van der Waals surface area contributed by atoms with Gasteiger partial charge >= 0.3 is 0 Å². The smallest absolute Gasteiger partial charge is 0.256 e. The first kappa shape index (κ1) is 15.9. The molecule has 0 unspecified atom stereocenters. The molecule has 2 aliphatic rings. The molecule has 0 spiro atoms. The number of dihydropyridines is 1. The molecule has 0 atom stereocenters. The third-order valence-corrected chi connectivity index (χ3v) is 5.02. The van der Waals surface area contributed by atoms with Crippen molar-refractivity contribution in [3.05, 3.63) is 60.2 Å². The lowest BCUT2D eigenvalue weighted by atomic mass is 10.1. The molecule has 4 heterocycles. The van der Waals surface area contributed by atoms with E-state index in [1.807, 2.05) is 23.2 Å². The van der Waals surface area contributed by atoms with Gasteiger partial charge in [-0.3, -0.25) is 9.89 Å². The Balaban J connectivity index is 1.45. The molecule has 1 aliphatic heterocycles. The van der Waals surface area contributed by atoms with Gasteiger partial charge in [0.1, 0.15) is 5.65 Å². The number of H-pyrrole nitrogens is 2. The van der Waals surface area contributed by atoms with Crippen LogP contribution < -0.4 is 5.32 Å². The van der Waals surface area contributed by atoms with Gasteiger partial charge in [0.25, 0.3) is 5.91 Å². The Hall–Kier alpha value is -3.35. The van der Waals surface area contributed by atoms with E-state index in [0.29, 0.717) is 23.8 Å². The van der Waals surface area contributed by atoms with Crippen LogP contribution in [0.1, 0.15) is 23.2 Å². The van der Waals surface area contributed by atoms with E-state index in [9.17, 15) is 4.79 Å². The number of rotatable bonds is 5. The first-order chi connectivity index (χ1) is 13.3. The molecule has 0 aromatic carbocycles. The molecule has 3 N–H and O–H groups in total. The summed E-state index contributed by atoms with van der Waals surface area (Å²) in [5.74, 6) is 0.0569. The van der Waals surface area contributed by atoms with E-state index in [2.05, 4.69) is 37.6 Å². The van der Waals surface area contributed by atoms with Gasteiger partial charge in [-0.1, -0.05) is 12.2 Å². The summed E-state index contributed by atoms with van der Waals surface area (Å²) in [6.07, 6.45) is 13.6. The van der Waals surface area contributed by atoms with E-state index in [1.54, 1.807) is 18.6 Å². The van der Waals surface area contributed by atoms with Crippen LogP contribution >= 0.6 is 0 Å². The third kappa shape index (κ3) is 3.01. The van der Waals surface area contributed by atoms with Gasteiger partial charge < -0.3 is 15.2 Å². The average molecular weight is 360 g/mol. The van der Waals surface area contributed by atoms with Crippen molar-refractivity contribution in [3.8, 4) is 11.3 Å². The number of carbonyl (C=O) groups excluding carboxylic acids is 1. The molecule has 1 fully saturated rings. The molecule has 0 saturated heterocycles. The lowest BCUT2D eigenvalue weighted by molar-refractivity contribution is 0.0761. The van der Waals surface area contributed by atoms with E-state index < -0.39 is 0 Å². The Bertz CT molecular complexity index is 1040. The third-order valence-electron chi connectivity index (χ3n) is 5.02. The Morgan fingerprint density at radius 1 is 1.26 bits per heavy atom. The molecule has 0 radical (unpaired) electrons. The number of hydrogen-bond acceptors (Lipinski definition) is 4. The molecule has 1 saturated carbocycles. The predicted octanol–water partition coefficient (Wildman–Crippen LogP) is 2.60. The fourth-order valence-corrected chi connectivity index (χ4v) is 3.45. The summed E-state index contributed by atoms with van der Waals surface area (Å²) < 4.78 is 0. The van der Waals surface area contributed by atoms with Gasteiger partial charge in [0.2, 0.25) is 0 Å². The number of carbonyl (C=O) groups is 1. The fraction of sp³-hybridized carbons (Fsp3) is 0.250. The second-order valence-electron chi connectivity index (χ2n) is 6.98. The zero-order valence-electron chi connectivity index (χ0n) is 14.8. The number of fused-ring (bicyclic) bond motifs is 1. The molecule has 0 bridgehead atoms. The zero-order valence-corrected chi connectivity index (χ0v) is 14.8. The monoisotopic (exact) mass is 360 g/mol. The predicted molar refractivity (Wildman–Crippen MR) is 103 cm³/mol. The summed E-state index contributed by atoms with van der Waals surface area (Å²) in [6.45, 7) is 1.47. The minimum Gasteiger partial charge on any atom is -0.387 e. The Labute approximate surface area is 156 Å². The summed E-state index contributed by atoms with van der Waals surface area (Å²) in [4.78, 5) is 23.1. The van der Waals surface area contributed by atoms with Crippen molar-refractivity contribution >= 4 is 16.9 Å². The second kappa shape index (κ2) is 6.42. The molecule has 1 amide bonds. The number of nitrogens with one attached hydrogen (secondary N) is 3. The number of nitrogens with zero attached hydrogens (tertiary/aromatic N) is 3. The van der Waals surface area contributed by atoms with Gasteiger partial charge in [0.15, 0.2) is 0 Å². The quantitative estimate of drug-likeness (QED) is 0.652. The summed E-state index contributed by atoms with van der Waals surface area (Å²) in [7, 11) is 0. The van der Waals surface area contributed by atoms with Crippen LogP contribution in [-0.2, 0) is 0 Å². The number of hydrogen-bond donors (Lipinski definition) is 3. The maximum atomic E-state index is 13.3. The lowest BCUT2D eigenvalue weighted by Crippen LogP contribution is -2.35. The van der Waals surface area contributed by atoms with Crippen LogP contribution in [0, 0.1) is 0 Å². The first-order valence-electron chi connectivity index (χ1n) is 9.17. The van der Waals surface area contributed by atoms with Crippen LogP contribution in [-0.4, -0.2) is 50.1 Å². The van der Waals surface area contributed by atoms with Gasteiger partial charge in [-0.2, -0.15) is 5.10 Å². The number of pyridine rings is 1. The normalized spacial score (nSPS) is 16.2. The Kier molecular flexibility index (Phi) is 3.78. The van der Waals surface area contributed by atoms with E-state index in [-0.39, 0.29) is 5.91 Å². The van der Waals surface area contributed by atoms with Crippen molar-refractivity contribution < 1.29 is 4.79 Å². The van der Waals surface area contributed by atoms with Crippen LogP contribution in [0.15, 0.2) is 54.6 Å². The molecule has 136 valence electrons. The lowest BCUT2D eigenvalue weighted by Gasteiger charge is -2.23. The van der Waals surface area contributed by atoms with Crippen molar-refractivity contribution in [3.63, 3.8) is 0 Å². The van der Waals surface area contributed by atoms with Crippen molar-refractivity contribution in [2.24, 2.45) is 0 Å². The fourth-order valence-electron chi connectivity index (χ4n) is 3.45. The SMILES string of the molecule is O=C(c1c[nH]c2nc(-c3cn[nH]c3)ccc12)N(CC1=CNCC=C1)C1CC1. The summed E-state index contributed by atoms with van der Waals surface area (Å²) in [6, 6.07) is 4.22. The molecule has 5 rings (SSSR count). The van der Waals surface area contributed by atoms with Crippen molar-refractivity contribution in [2.45, 2.75) is 18.9 Å². The summed E-state index contributed by atoms with van der Waals surface area (Å²) >= 11 is 0. The van der Waals surface area contributed by atoms with Crippen molar-refractivity contribution in [1.29, 1.82) is 0 Å². The van der Waals surface area contributed by atoms with Crippen LogP contribution in [0.2, 0.25) is 0 Å².